The van der Waals surface area contributed by atoms with Crippen molar-refractivity contribution in [3.8, 4) is 18.6 Å². The van der Waals surface area contributed by atoms with E-state index in [9.17, 15) is 9.59 Å². The largest absolute Gasteiger partial charge is 0.487 e. The maximum absolute atomic E-state index is 13.3. The van der Waals surface area contributed by atoms with Crippen LogP contribution in [0.4, 0.5) is 0 Å². The number of hydrogen-bond donors (Lipinski definition) is 2. The monoisotopic (exact) mass is 545 g/mol. The minimum Gasteiger partial charge on any atom is -0.487 e. The lowest BCUT2D eigenvalue weighted by molar-refractivity contribution is -0.131. The average Bonchev–Trinajstić information content (AvgIpc) is 3.59. The lowest BCUT2D eigenvalue weighted by Crippen LogP contribution is -2.52. The van der Waals surface area contributed by atoms with E-state index >= 15 is 0 Å². The molecule has 0 spiro atoms. The molecule has 0 saturated heterocycles. The summed E-state index contributed by atoms with van der Waals surface area (Å²) in [6, 6.07) is 13.6. The van der Waals surface area contributed by atoms with Crippen molar-refractivity contribution < 1.29 is 14.3 Å². The van der Waals surface area contributed by atoms with Gasteiger partial charge in [0.15, 0.2) is 5.96 Å². The topological polar surface area (TPSA) is 110 Å². The molecule has 1 aromatic heterocycles. The van der Waals surface area contributed by atoms with Gasteiger partial charge >= 0.3 is 0 Å². The second kappa shape index (κ2) is 12.1. The fourth-order valence-corrected chi connectivity index (χ4v) is 5.26. The lowest BCUT2D eigenvalue weighted by atomic mass is 9.81. The zero-order valence-electron chi connectivity index (χ0n) is 24.6. The van der Waals surface area contributed by atoms with Crippen molar-refractivity contribution in [1.29, 1.82) is 0 Å². The number of ether oxygens (including phenoxy) is 1. The summed E-state index contributed by atoms with van der Waals surface area (Å²) >= 11 is 0. The highest BCUT2D eigenvalue weighted by Crippen LogP contribution is 2.54. The molecule has 1 fully saturated rings. The second-order valence-corrected chi connectivity index (χ2v) is 12.2. The summed E-state index contributed by atoms with van der Waals surface area (Å²) in [5.74, 6) is 1.24. The molecular formula is C32H43N5O3. The van der Waals surface area contributed by atoms with Gasteiger partial charge in [0.2, 0.25) is 11.8 Å². The number of pyridine rings is 1. The third kappa shape index (κ3) is 7.01. The number of nitrogens with two attached hydrogens (primary N) is 1. The molecule has 214 valence electrons. The van der Waals surface area contributed by atoms with Crippen molar-refractivity contribution in [1.82, 2.24) is 15.2 Å². The van der Waals surface area contributed by atoms with Gasteiger partial charge in [-0.05, 0) is 56.7 Å². The predicted octanol–water partition coefficient (Wildman–Crippen LogP) is 4.72. The highest BCUT2D eigenvalue weighted by Gasteiger charge is 2.57. The maximum atomic E-state index is 13.3. The molecule has 8 nitrogen and oxygen atoms in total. The van der Waals surface area contributed by atoms with Gasteiger partial charge in [-0.25, -0.2) is 4.99 Å². The molecule has 1 aliphatic carbocycles. The van der Waals surface area contributed by atoms with Gasteiger partial charge in [-0.15, -0.1) is 12.8 Å². The number of terminal acetylenes is 1. The van der Waals surface area contributed by atoms with Gasteiger partial charge in [-0.1, -0.05) is 45.0 Å². The van der Waals surface area contributed by atoms with E-state index < -0.39 is 5.54 Å². The molecule has 8 heteroatoms. The highest BCUT2D eigenvalue weighted by molar-refractivity contribution is 5.99. The van der Waals surface area contributed by atoms with Crippen LogP contribution < -0.4 is 15.8 Å². The van der Waals surface area contributed by atoms with Crippen molar-refractivity contribution in [2.75, 3.05) is 6.54 Å². The van der Waals surface area contributed by atoms with E-state index in [-0.39, 0.29) is 40.7 Å². The Morgan fingerprint density at radius 1 is 1.10 bits per heavy atom. The fourth-order valence-electron chi connectivity index (χ4n) is 5.26. The van der Waals surface area contributed by atoms with Crippen LogP contribution in [0.1, 0.15) is 72.4 Å². The average molecular weight is 546 g/mol. The minimum atomic E-state index is -0.474. The Morgan fingerprint density at radius 2 is 1.75 bits per heavy atom. The third-order valence-corrected chi connectivity index (χ3v) is 8.12. The standard InChI is InChI=1S/C25H36N4O3.C5H5N.C2H2/c1-15(2)25(6)12-18(16-9-7-8-10-19(16)32-25)27-21(31)17-11-24(17,5)14-29-20(30)13-23(3,4)28-22(29)26;1-2-4-6-5-3-1;1-2/h7-10,15,17-18H,11-14H2,1-6H3,(H2,26,28)(H,27,31);1-5H;1-2H/t17?,18?,24-,25?;;/m1../s1. The van der Waals surface area contributed by atoms with Crippen LogP contribution in [-0.2, 0) is 9.59 Å². The van der Waals surface area contributed by atoms with Crippen LogP contribution in [0, 0.1) is 30.1 Å². The van der Waals surface area contributed by atoms with Crippen molar-refractivity contribution in [2.24, 2.45) is 28.0 Å². The fraction of sp³-hybridized carbons (Fsp3) is 0.500. The molecule has 2 aromatic rings. The molecule has 40 heavy (non-hydrogen) atoms. The van der Waals surface area contributed by atoms with Crippen molar-refractivity contribution in [3.63, 3.8) is 0 Å². The Labute approximate surface area is 238 Å². The zero-order valence-corrected chi connectivity index (χ0v) is 24.6. The van der Waals surface area contributed by atoms with Crippen LogP contribution in [0.15, 0.2) is 59.9 Å². The van der Waals surface area contributed by atoms with Crippen LogP contribution in [0.3, 0.4) is 0 Å². The summed E-state index contributed by atoms with van der Waals surface area (Å²) in [5.41, 5.74) is 6.00. The first-order valence-corrected chi connectivity index (χ1v) is 13.8. The number of rotatable bonds is 5. The minimum absolute atomic E-state index is 0.0270. The first-order chi connectivity index (χ1) is 18.8. The number of guanidine groups is 1. The van der Waals surface area contributed by atoms with Gasteiger partial charge in [0.05, 0.1) is 18.0 Å². The summed E-state index contributed by atoms with van der Waals surface area (Å²) < 4.78 is 6.33. The second-order valence-electron chi connectivity index (χ2n) is 12.2. The van der Waals surface area contributed by atoms with Crippen LogP contribution in [-0.4, -0.2) is 45.3 Å². The number of para-hydroxylation sites is 1. The number of hydrogen-bond acceptors (Lipinski definition) is 6. The number of aromatic nitrogens is 1. The first-order valence-electron chi connectivity index (χ1n) is 13.8. The third-order valence-electron chi connectivity index (χ3n) is 8.12. The number of nitrogens with one attached hydrogen (secondary N) is 1. The van der Waals surface area contributed by atoms with Gasteiger partial charge in [0, 0.05) is 36.8 Å². The van der Waals surface area contributed by atoms with Gasteiger partial charge in [-0.2, -0.15) is 0 Å². The molecular weight excluding hydrogens is 502 g/mol. The first kappa shape index (κ1) is 30.7. The van der Waals surface area contributed by atoms with Crippen molar-refractivity contribution in [3.05, 3.63) is 60.4 Å². The maximum Gasteiger partial charge on any atom is 0.231 e. The van der Waals surface area contributed by atoms with Crippen LogP contribution in [0.2, 0.25) is 0 Å². The quantitative estimate of drug-likeness (QED) is 0.528. The Balaban J connectivity index is 0.000000481. The van der Waals surface area contributed by atoms with E-state index in [0.29, 0.717) is 18.9 Å². The van der Waals surface area contributed by atoms with Gasteiger partial charge in [0.25, 0.3) is 0 Å². The summed E-state index contributed by atoms with van der Waals surface area (Å²) in [6.45, 7) is 12.7. The molecule has 3 N–H and O–H groups in total. The summed E-state index contributed by atoms with van der Waals surface area (Å²) in [5, 5.41) is 3.29. The van der Waals surface area contributed by atoms with Crippen molar-refractivity contribution >= 4 is 17.8 Å². The molecule has 2 aliphatic heterocycles. The van der Waals surface area contributed by atoms with E-state index in [2.05, 4.69) is 48.9 Å². The highest BCUT2D eigenvalue weighted by atomic mass is 16.5. The van der Waals surface area contributed by atoms with Gasteiger partial charge < -0.3 is 15.8 Å². The Kier molecular flexibility index (Phi) is 9.29. The molecule has 3 aliphatic rings. The number of aliphatic imine (C=N–C) groups is 1. The van der Waals surface area contributed by atoms with E-state index in [1.165, 1.54) is 0 Å². The van der Waals surface area contributed by atoms with E-state index in [0.717, 1.165) is 24.2 Å². The molecule has 4 atom stereocenters. The molecule has 1 aromatic carbocycles. The molecule has 1 saturated carbocycles. The van der Waals surface area contributed by atoms with E-state index in [1.807, 2.05) is 63.2 Å². The van der Waals surface area contributed by atoms with E-state index in [1.54, 1.807) is 17.3 Å². The Bertz CT molecular complexity index is 1210. The van der Waals surface area contributed by atoms with Crippen LogP contribution in [0.5, 0.6) is 5.75 Å². The number of benzene rings is 1. The number of nitrogens with zero attached hydrogens (tertiary/aromatic N) is 3. The molecule has 0 bridgehead atoms. The number of fused-ring (bicyclic) bond motifs is 1. The van der Waals surface area contributed by atoms with Gasteiger partial charge in [0.1, 0.15) is 11.4 Å². The predicted molar refractivity (Wildman–Crippen MR) is 158 cm³/mol. The molecule has 2 amide bonds. The summed E-state index contributed by atoms with van der Waals surface area (Å²) in [4.78, 5) is 35.7. The molecule has 3 heterocycles. The van der Waals surface area contributed by atoms with Crippen LogP contribution in [0.25, 0.3) is 0 Å². The molecule has 3 unspecified atom stereocenters. The van der Waals surface area contributed by atoms with Crippen molar-refractivity contribution in [2.45, 2.75) is 78.0 Å². The zero-order chi connectivity index (χ0) is 29.7. The van der Waals surface area contributed by atoms with Gasteiger partial charge in [-0.3, -0.25) is 19.5 Å². The smallest absolute Gasteiger partial charge is 0.231 e. The normalized spacial score (nSPS) is 27.9. The van der Waals surface area contributed by atoms with Crippen LogP contribution >= 0.6 is 0 Å². The Morgan fingerprint density at radius 3 is 2.30 bits per heavy atom. The molecule has 0 radical (unpaired) electrons. The van der Waals surface area contributed by atoms with E-state index in [4.69, 9.17) is 10.5 Å². The number of carbonyl (C=O) groups is 2. The number of carbonyl (C=O) groups excluding carboxylic acids is 2. The SMILES string of the molecule is C#C.CC(C)C1(C)CC(NC(=O)C2C[C@]2(C)CN2C(=O)CC(C)(C)N=C2N)c2ccccc2O1.c1ccncc1. The molecule has 5 rings (SSSR count). The summed E-state index contributed by atoms with van der Waals surface area (Å²) in [6.07, 6.45) is 13.3. The Hall–Kier alpha value is -3.86. The summed E-state index contributed by atoms with van der Waals surface area (Å²) in [7, 11) is 0. The lowest BCUT2D eigenvalue weighted by Gasteiger charge is -2.43. The number of amides is 2.